The van der Waals surface area contributed by atoms with Crippen molar-refractivity contribution in [1.29, 1.82) is 0 Å². The van der Waals surface area contributed by atoms with Crippen LogP contribution in [0.4, 0.5) is 0 Å². The van der Waals surface area contributed by atoms with Gasteiger partial charge in [-0.05, 0) is 34.7 Å². The Kier molecular flexibility index (Phi) is 3.70. The second-order valence-corrected chi connectivity index (χ2v) is 8.67. The minimum Gasteiger partial charge on any atom is -0.469 e. The number of hydrogen-bond donors (Lipinski definition) is 0. The number of carbonyl (C=O) groups is 3. The molecule has 2 fully saturated rings. The van der Waals surface area contributed by atoms with Crippen molar-refractivity contribution in [3.8, 4) is 0 Å². The number of carbonyl (C=O) groups excluding carboxylic acids is 3. The highest BCUT2D eigenvalue weighted by Gasteiger charge is 2.71. The van der Waals surface area contributed by atoms with Crippen molar-refractivity contribution in [3.63, 3.8) is 0 Å². The van der Waals surface area contributed by atoms with Crippen LogP contribution < -0.4 is 0 Å². The Morgan fingerprint density at radius 3 is 2.25 bits per heavy atom. The molecule has 3 aliphatic carbocycles. The van der Waals surface area contributed by atoms with Crippen LogP contribution in [0.2, 0.25) is 0 Å². The Morgan fingerprint density at radius 2 is 1.75 bits per heavy atom. The van der Waals surface area contributed by atoms with Crippen molar-refractivity contribution in [3.05, 3.63) is 11.6 Å². The van der Waals surface area contributed by atoms with E-state index in [1.165, 1.54) is 14.2 Å². The first-order valence-electron chi connectivity index (χ1n) is 8.50. The highest BCUT2D eigenvalue weighted by atomic mass is 16.5. The number of methoxy groups -OCH3 is 2. The maximum atomic E-state index is 13.0. The fourth-order valence-electron chi connectivity index (χ4n) is 5.49. The van der Waals surface area contributed by atoms with Gasteiger partial charge in [0, 0.05) is 5.92 Å². The van der Waals surface area contributed by atoms with Crippen LogP contribution in [0.5, 0.6) is 0 Å². The summed E-state index contributed by atoms with van der Waals surface area (Å²) >= 11 is 0. The van der Waals surface area contributed by atoms with Crippen molar-refractivity contribution in [1.82, 2.24) is 0 Å². The van der Waals surface area contributed by atoms with E-state index in [1.807, 2.05) is 27.7 Å². The zero-order valence-corrected chi connectivity index (χ0v) is 15.2. The van der Waals surface area contributed by atoms with Crippen molar-refractivity contribution in [2.24, 2.45) is 40.4 Å². The lowest BCUT2D eigenvalue weighted by Crippen LogP contribution is -2.47. The molecule has 0 heterocycles. The van der Waals surface area contributed by atoms with E-state index in [2.05, 4.69) is 6.08 Å². The van der Waals surface area contributed by atoms with Gasteiger partial charge in [-0.1, -0.05) is 33.8 Å². The van der Waals surface area contributed by atoms with Crippen molar-refractivity contribution < 1.29 is 23.9 Å². The molecule has 0 aromatic rings. The number of esters is 2. The number of Topliss-reactive ketones (excluding diaryl/α,β-unsaturated/α-hetero) is 1. The predicted molar refractivity (Wildman–Crippen MR) is 86.8 cm³/mol. The van der Waals surface area contributed by atoms with Crippen LogP contribution in [-0.4, -0.2) is 31.9 Å². The third kappa shape index (κ3) is 2.02. The fraction of sp³-hybridized carbons (Fsp3) is 0.737. The van der Waals surface area contributed by atoms with Crippen LogP contribution in [0.1, 0.15) is 34.1 Å². The maximum Gasteiger partial charge on any atom is 0.310 e. The molecule has 3 rings (SSSR count). The first-order chi connectivity index (χ1) is 11.1. The van der Waals surface area contributed by atoms with Crippen LogP contribution in [0, 0.1) is 40.4 Å². The molecule has 0 amide bonds. The lowest BCUT2D eigenvalue weighted by atomic mass is 9.62. The topological polar surface area (TPSA) is 69.7 Å². The molecule has 24 heavy (non-hydrogen) atoms. The zero-order chi connectivity index (χ0) is 18.0. The largest absolute Gasteiger partial charge is 0.469 e. The second kappa shape index (κ2) is 5.17. The van der Waals surface area contributed by atoms with Crippen molar-refractivity contribution in [2.75, 3.05) is 14.2 Å². The van der Waals surface area contributed by atoms with Gasteiger partial charge in [-0.25, -0.2) is 0 Å². The van der Waals surface area contributed by atoms with E-state index >= 15 is 0 Å². The Bertz CT molecular complexity index is 641. The Hall–Kier alpha value is -1.65. The van der Waals surface area contributed by atoms with Crippen molar-refractivity contribution >= 4 is 17.7 Å². The molecule has 2 saturated carbocycles. The van der Waals surface area contributed by atoms with E-state index in [0.717, 1.165) is 5.57 Å². The molecule has 0 radical (unpaired) electrons. The number of rotatable bonds is 2. The van der Waals surface area contributed by atoms with E-state index in [1.54, 1.807) is 0 Å². The molecule has 2 bridgehead atoms. The SMILES string of the molecule is COC(=O)[C@@H]1[C@H]2C[C@](C)([C@@H]3C=C(C(C)(C)C)C(=O)[C@H]23)[C@@H]1C(=O)OC. The first kappa shape index (κ1) is 17.2. The zero-order valence-electron chi connectivity index (χ0n) is 15.2. The van der Waals surface area contributed by atoms with Gasteiger partial charge in [-0.2, -0.15) is 0 Å². The number of hydrogen-bond acceptors (Lipinski definition) is 5. The third-order valence-electron chi connectivity index (χ3n) is 6.47. The molecule has 132 valence electrons. The number of ether oxygens (including phenoxy) is 2. The minimum atomic E-state index is -0.592. The Morgan fingerprint density at radius 1 is 1.17 bits per heavy atom. The molecule has 0 unspecified atom stereocenters. The average Bonchev–Trinajstić information content (AvgIpc) is 3.10. The summed E-state index contributed by atoms with van der Waals surface area (Å²) in [4.78, 5) is 37.9. The molecule has 0 aromatic heterocycles. The van der Waals surface area contributed by atoms with Gasteiger partial charge in [0.25, 0.3) is 0 Å². The summed E-state index contributed by atoms with van der Waals surface area (Å²) in [5.41, 5.74) is 0.144. The van der Waals surface area contributed by atoms with Crippen LogP contribution in [-0.2, 0) is 23.9 Å². The van der Waals surface area contributed by atoms with Gasteiger partial charge in [0.15, 0.2) is 5.78 Å². The molecule has 0 aliphatic heterocycles. The van der Waals surface area contributed by atoms with Gasteiger partial charge in [0.05, 0.1) is 26.1 Å². The smallest absolute Gasteiger partial charge is 0.310 e. The molecular weight excluding hydrogens is 308 g/mol. The molecule has 0 saturated heterocycles. The van der Waals surface area contributed by atoms with Crippen LogP contribution in [0.3, 0.4) is 0 Å². The first-order valence-corrected chi connectivity index (χ1v) is 8.50. The summed E-state index contributed by atoms with van der Waals surface area (Å²) in [6, 6.07) is 0. The van der Waals surface area contributed by atoms with E-state index in [-0.39, 0.29) is 34.9 Å². The second-order valence-electron chi connectivity index (χ2n) is 8.67. The average molecular weight is 334 g/mol. The molecule has 5 heteroatoms. The quantitative estimate of drug-likeness (QED) is 0.725. The maximum absolute atomic E-state index is 13.0. The summed E-state index contributed by atoms with van der Waals surface area (Å²) in [5, 5.41) is 0. The molecule has 0 N–H and O–H groups in total. The van der Waals surface area contributed by atoms with Gasteiger partial charge < -0.3 is 9.47 Å². The molecular formula is C19H26O5. The molecule has 0 aromatic carbocycles. The number of fused-ring (bicyclic) bond motifs is 5. The van der Waals surface area contributed by atoms with Gasteiger partial charge in [-0.3, -0.25) is 14.4 Å². The van der Waals surface area contributed by atoms with Crippen LogP contribution in [0.15, 0.2) is 11.6 Å². The normalized spacial score (nSPS) is 40.3. The van der Waals surface area contributed by atoms with Gasteiger partial charge in [-0.15, -0.1) is 0 Å². The van der Waals surface area contributed by atoms with Crippen molar-refractivity contribution in [2.45, 2.75) is 34.1 Å². The molecule has 6 atom stereocenters. The van der Waals surface area contributed by atoms with E-state index < -0.39 is 23.2 Å². The summed E-state index contributed by atoms with van der Waals surface area (Å²) < 4.78 is 9.95. The van der Waals surface area contributed by atoms with Crippen LogP contribution >= 0.6 is 0 Å². The summed E-state index contributed by atoms with van der Waals surface area (Å²) in [6.07, 6.45) is 2.75. The number of allylic oxidation sites excluding steroid dienone is 2. The van der Waals surface area contributed by atoms with E-state index in [4.69, 9.17) is 9.47 Å². The fourth-order valence-corrected chi connectivity index (χ4v) is 5.49. The Labute approximate surface area is 142 Å². The van der Waals surface area contributed by atoms with Gasteiger partial charge in [0.2, 0.25) is 0 Å². The summed E-state index contributed by atoms with van der Waals surface area (Å²) in [7, 11) is 2.68. The van der Waals surface area contributed by atoms with Gasteiger partial charge >= 0.3 is 11.9 Å². The molecule has 0 spiro atoms. The monoisotopic (exact) mass is 334 g/mol. The highest BCUT2D eigenvalue weighted by molar-refractivity contribution is 6.02. The van der Waals surface area contributed by atoms with E-state index in [0.29, 0.717) is 6.42 Å². The van der Waals surface area contributed by atoms with E-state index in [9.17, 15) is 14.4 Å². The standard InChI is InChI=1S/C19H26O5/c1-18(2,3)11-7-10-12(15(11)20)9-8-19(10,4)14(17(22)24-6)13(9)16(21)23-5/h7,9-10,12-14H,8H2,1-6H3/t9-,10+,12+,13+,14-,19+/m0/s1. The molecule has 3 aliphatic rings. The molecule has 5 nitrogen and oxygen atoms in total. The predicted octanol–water partition coefficient (Wildman–Crippen LogP) is 2.39. The lowest BCUT2D eigenvalue weighted by Gasteiger charge is -2.40. The summed E-state index contributed by atoms with van der Waals surface area (Å²) in [5.74, 6) is -2.16. The lowest BCUT2D eigenvalue weighted by molar-refractivity contribution is -0.165. The third-order valence-corrected chi connectivity index (χ3v) is 6.47. The summed E-state index contributed by atoms with van der Waals surface area (Å²) in [6.45, 7) is 8.09. The number of ketones is 1. The van der Waals surface area contributed by atoms with Crippen LogP contribution in [0.25, 0.3) is 0 Å². The Balaban J connectivity index is 2.08. The van der Waals surface area contributed by atoms with Gasteiger partial charge in [0.1, 0.15) is 0 Å². The minimum absolute atomic E-state index is 0.00534. The highest BCUT2D eigenvalue weighted by Crippen LogP contribution is 2.69.